The predicted molar refractivity (Wildman–Crippen MR) is 95.9 cm³/mol. The van der Waals surface area contributed by atoms with Crippen LogP contribution >= 0.6 is 0 Å². The monoisotopic (exact) mass is 344 g/mol. The molecular formula is C20H28N2O3. The van der Waals surface area contributed by atoms with Gasteiger partial charge in [0.05, 0.1) is 0 Å². The Morgan fingerprint density at radius 1 is 0.920 bits per heavy atom. The van der Waals surface area contributed by atoms with Gasteiger partial charge in [0.2, 0.25) is 5.91 Å². The minimum absolute atomic E-state index is 0.0932. The van der Waals surface area contributed by atoms with E-state index in [4.69, 9.17) is 0 Å². The SMILES string of the molecule is O=C1CN2C(=O)c3ccccc3C2(O)CCCCCCCCCCN1. The Morgan fingerprint density at radius 3 is 2.32 bits per heavy atom. The van der Waals surface area contributed by atoms with E-state index in [-0.39, 0.29) is 18.4 Å². The molecule has 5 heteroatoms. The second-order valence-corrected chi connectivity index (χ2v) is 7.18. The largest absolute Gasteiger partial charge is 0.367 e. The number of benzene rings is 1. The van der Waals surface area contributed by atoms with Crippen LogP contribution in [0.3, 0.4) is 0 Å². The van der Waals surface area contributed by atoms with Crippen LogP contribution in [0.2, 0.25) is 0 Å². The zero-order valence-electron chi connectivity index (χ0n) is 14.8. The van der Waals surface area contributed by atoms with Crippen LogP contribution in [-0.2, 0) is 10.5 Å². The molecule has 0 bridgehead atoms. The molecule has 0 saturated carbocycles. The Balaban J connectivity index is 1.82. The van der Waals surface area contributed by atoms with Gasteiger partial charge >= 0.3 is 0 Å². The lowest BCUT2D eigenvalue weighted by atomic mass is 9.95. The van der Waals surface area contributed by atoms with Gasteiger partial charge in [-0.15, -0.1) is 0 Å². The first kappa shape index (κ1) is 17.9. The van der Waals surface area contributed by atoms with Crippen molar-refractivity contribution in [3.8, 4) is 0 Å². The first-order valence-electron chi connectivity index (χ1n) is 9.53. The lowest BCUT2D eigenvalue weighted by Gasteiger charge is -2.34. The molecule has 25 heavy (non-hydrogen) atoms. The van der Waals surface area contributed by atoms with E-state index in [1.165, 1.54) is 24.2 Å². The third-order valence-electron chi connectivity index (χ3n) is 5.36. The van der Waals surface area contributed by atoms with Gasteiger partial charge in [-0.3, -0.25) is 14.5 Å². The number of hydrogen-bond donors (Lipinski definition) is 2. The molecule has 0 aromatic heterocycles. The molecule has 2 amide bonds. The van der Waals surface area contributed by atoms with Crippen molar-refractivity contribution in [1.29, 1.82) is 0 Å². The second-order valence-electron chi connectivity index (χ2n) is 7.18. The topological polar surface area (TPSA) is 69.6 Å². The molecule has 0 aliphatic carbocycles. The van der Waals surface area contributed by atoms with Crippen LogP contribution in [0.5, 0.6) is 0 Å². The van der Waals surface area contributed by atoms with E-state index < -0.39 is 5.72 Å². The van der Waals surface area contributed by atoms with E-state index in [0.717, 1.165) is 32.1 Å². The molecule has 0 spiro atoms. The van der Waals surface area contributed by atoms with E-state index >= 15 is 0 Å². The van der Waals surface area contributed by atoms with E-state index in [0.29, 0.717) is 24.1 Å². The lowest BCUT2D eigenvalue weighted by Crippen LogP contribution is -2.48. The Hall–Kier alpha value is -1.88. The third-order valence-corrected chi connectivity index (χ3v) is 5.36. The average Bonchev–Trinajstić information content (AvgIpc) is 2.81. The summed E-state index contributed by atoms with van der Waals surface area (Å²) in [7, 11) is 0. The molecule has 0 radical (unpaired) electrons. The number of carbonyl (C=O) groups excluding carboxylic acids is 2. The van der Waals surface area contributed by atoms with Crippen molar-refractivity contribution in [2.24, 2.45) is 0 Å². The van der Waals surface area contributed by atoms with Crippen LogP contribution < -0.4 is 5.32 Å². The predicted octanol–water partition coefficient (Wildman–Crippen LogP) is 2.93. The number of amides is 2. The number of hydrogen-bond acceptors (Lipinski definition) is 3. The molecule has 2 heterocycles. The molecule has 5 nitrogen and oxygen atoms in total. The summed E-state index contributed by atoms with van der Waals surface area (Å²) < 4.78 is 0. The van der Waals surface area contributed by atoms with E-state index in [2.05, 4.69) is 5.32 Å². The molecule has 1 unspecified atom stereocenters. The molecule has 1 saturated heterocycles. The van der Waals surface area contributed by atoms with Crippen molar-refractivity contribution in [2.45, 2.75) is 63.5 Å². The van der Waals surface area contributed by atoms with Gasteiger partial charge in [0.25, 0.3) is 5.91 Å². The normalized spacial score (nSPS) is 26.2. The quantitative estimate of drug-likeness (QED) is 0.760. The van der Waals surface area contributed by atoms with Crippen molar-refractivity contribution >= 4 is 11.8 Å². The fourth-order valence-corrected chi connectivity index (χ4v) is 3.93. The summed E-state index contributed by atoms with van der Waals surface area (Å²) in [6.45, 7) is 0.538. The van der Waals surface area contributed by atoms with Gasteiger partial charge in [-0.2, -0.15) is 0 Å². The summed E-state index contributed by atoms with van der Waals surface area (Å²) in [4.78, 5) is 26.4. The molecule has 1 fully saturated rings. The molecule has 1 aromatic carbocycles. The standard InChI is InChI=1S/C20H28N2O3/c23-18-15-22-19(24)16-11-7-8-12-17(16)20(22,25)13-9-5-3-1-2-4-6-10-14-21-18/h7-8,11-12,25H,1-6,9-10,13-15H2,(H,21,23). The number of fused-ring (bicyclic) bond motifs is 3. The van der Waals surface area contributed by atoms with Crippen LogP contribution in [0.1, 0.15) is 73.7 Å². The van der Waals surface area contributed by atoms with Crippen molar-refractivity contribution in [3.05, 3.63) is 35.4 Å². The van der Waals surface area contributed by atoms with Crippen LogP contribution in [0.15, 0.2) is 24.3 Å². The molecule has 3 rings (SSSR count). The number of rotatable bonds is 0. The van der Waals surface area contributed by atoms with Gasteiger partial charge in [0.1, 0.15) is 6.54 Å². The summed E-state index contributed by atoms with van der Waals surface area (Å²) in [5, 5.41) is 14.2. The minimum Gasteiger partial charge on any atom is -0.367 e. The Labute approximate surface area is 149 Å². The highest BCUT2D eigenvalue weighted by Gasteiger charge is 2.48. The van der Waals surface area contributed by atoms with Gasteiger partial charge in [0, 0.05) is 17.7 Å². The van der Waals surface area contributed by atoms with Crippen LogP contribution in [0.4, 0.5) is 0 Å². The maximum absolute atomic E-state index is 12.8. The molecule has 2 N–H and O–H groups in total. The smallest absolute Gasteiger partial charge is 0.257 e. The number of nitrogens with zero attached hydrogens (tertiary/aromatic N) is 1. The molecule has 2 aliphatic rings. The molecular weight excluding hydrogens is 316 g/mol. The summed E-state index contributed by atoms with van der Waals surface area (Å²) in [5.41, 5.74) is -0.221. The van der Waals surface area contributed by atoms with Crippen molar-refractivity contribution < 1.29 is 14.7 Å². The van der Waals surface area contributed by atoms with Gasteiger partial charge in [-0.05, 0) is 25.3 Å². The first-order valence-corrected chi connectivity index (χ1v) is 9.53. The van der Waals surface area contributed by atoms with Crippen molar-refractivity contribution in [2.75, 3.05) is 13.1 Å². The zero-order valence-corrected chi connectivity index (χ0v) is 14.8. The molecule has 1 atom stereocenters. The highest BCUT2D eigenvalue weighted by molar-refractivity contribution is 6.01. The van der Waals surface area contributed by atoms with E-state index in [1.54, 1.807) is 18.2 Å². The van der Waals surface area contributed by atoms with Gasteiger partial charge in [-0.1, -0.05) is 56.7 Å². The molecule has 136 valence electrons. The first-order chi connectivity index (χ1) is 12.1. The molecule has 1 aromatic rings. The summed E-state index contributed by atoms with van der Waals surface area (Å²) in [5.74, 6) is -0.452. The Kier molecular flexibility index (Phi) is 5.74. The fraction of sp³-hybridized carbons (Fsp3) is 0.600. The summed E-state index contributed by atoms with van der Waals surface area (Å²) in [6, 6.07) is 7.17. The highest BCUT2D eigenvalue weighted by Crippen LogP contribution is 2.40. The van der Waals surface area contributed by atoms with Crippen LogP contribution in [0, 0.1) is 0 Å². The van der Waals surface area contributed by atoms with Crippen LogP contribution in [0.25, 0.3) is 0 Å². The van der Waals surface area contributed by atoms with Gasteiger partial charge < -0.3 is 10.4 Å². The maximum atomic E-state index is 12.8. The number of nitrogens with one attached hydrogen (secondary N) is 1. The Morgan fingerprint density at radius 2 is 1.56 bits per heavy atom. The maximum Gasteiger partial charge on any atom is 0.257 e. The number of aliphatic hydroxyl groups is 1. The van der Waals surface area contributed by atoms with Crippen molar-refractivity contribution in [1.82, 2.24) is 10.2 Å². The summed E-state index contributed by atoms with van der Waals surface area (Å²) >= 11 is 0. The highest BCUT2D eigenvalue weighted by atomic mass is 16.3. The summed E-state index contributed by atoms with van der Waals surface area (Å²) in [6.07, 6.45) is 9.25. The van der Waals surface area contributed by atoms with E-state index in [1.807, 2.05) is 6.07 Å². The van der Waals surface area contributed by atoms with Gasteiger partial charge in [0.15, 0.2) is 5.72 Å². The van der Waals surface area contributed by atoms with Crippen molar-refractivity contribution in [3.63, 3.8) is 0 Å². The second kappa shape index (κ2) is 8.00. The number of carbonyl (C=O) groups is 2. The van der Waals surface area contributed by atoms with Crippen LogP contribution in [-0.4, -0.2) is 34.9 Å². The van der Waals surface area contributed by atoms with Gasteiger partial charge in [-0.25, -0.2) is 0 Å². The zero-order chi connectivity index (χ0) is 17.7. The Bertz CT molecular complexity index is 631. The fourth-order valence-electron chi connectivity index (χ4n) is 3.93. The van der Waals surface area contributed by atoms with E-state index in [9.17, 15) is 14.7 Å². The molecule has 2 aliphatic heterocycles. The average molecular weight is 344 g/mol. The third kappa shape index (κ3) is 3.87. The lowest BCUT2D eigenvalue weighted by molar-refractivity contribution is -0.132. The minimum atomic E-state index is -1.37.